The van der Waals surface area contributed by atoms with Crippen LogP contribution in [0.3, 0.4) is 0 Å². The zero-order valence-electron chi connectivity index (χ0n) is 16.7. The fourth-order valence-electron chi connectivity index (χ4n) is 2.87. The standard InChI is InChI=1S/C22H22FN3O4/c1-29-19-9-3-15(13-20(19)30-2)14-24-21(27)11-12-26-22(28)10-8-18(25-26)16-4-6-17(23)7-5-16/h3-10,13H,11-12,14H2,1-2H3,(H,24,27). The number of methoxy groups -OCH3 is 2. The number of carbonyl (C=O) groups excluding carboxylic acids is 1. The highest BCUT2D eigenvalue weighted by Crippen LogP contribution is 2.27. The van der Waals surface area contributed by atoms with Crippen LogP contribution in [0.2, 0.25) is 0 Å². The van der Waals surface area contributed by atoms with Gasteiger partial charge in [0.2, 0.25) is 5.91 Å². The van der Waals surface area contributed by atoms with Crippen LogP contribution in [0.4, 0.5) is 4.39 Å². The number of nitrogens with one attached hydrogen (secondary N) is 1. The molecule has 0 saturated heterocycles. The van der Waals surface area contributed by atoms with Gasteiger partial charge in [0.05, 0.1) is 26.5 Å². The number of rotatable bonds is 8. The molecule has 0 aliphatic rings. The van der Waals surface area contributed by atoms with Crippen molar-refractivity contribution in [3.8, 4) is 22.8 Å². The molecule has 1 aromatic heterocycles. The largest absolute Gasteiger partial charge is 0.493 e. The molecule has 7 nitrogen and oxygen atoms in total. The molecule has 0 aliphatic heterocycles. The number of benzene rings is 2. The van der Waals surface area contributed by atoms with Crippen molar-refractivity contribution in [2.75, 3.05) is 14.2 Å². The molecule has 0 bridgehead atoms. The highest BCUT2D eigenvalue weighted by Gasteiger charge is 2.09. The number of hydrogen-bond acceptors (Lipinski definition) is 5. The van der Waals surface area contributed by atoms with Gasteiger partial charge in [-0.15, -0.1) is 0 Å². The monoisotopic (exact) mass is 411 g/mol. The molecule has 0 radical (unpaired) electrons. The number of aryl methyl sites for hydroxylation is 1. The number of hydrogen-bond donors (Lipinski definition) is 1. The molecular weight excluding hydrogens is 389 g/mol. The molecule has 3 aromatic rings. The van der Waals surface area contributed by atoms with Crippen molar-refractivity contribution in [1.82, 2.24) is 15.1 Å². The van der Waals surface area contributed by atoms with Crippen LogP contribution in [0.1, 0.15) is 12.0 Å². The minimum atomic E-state index is -0.349. The number of nitrogens with zero attached hydrogens (tertiary/aromatic N) is 2. The minimum Gasteiger partial charge on any atom is -0.493 e. The lowest BCUT2D eigenvalue weighted by Gasteiger charge is -2.11. The summed E-state index contributed by atoms with van der Waals surface area (Å²) in [5, 5.41) is 7.09. The first-order valence-electron chi connectivity index (χ1n) is 9.32. The van der Waals surface area contributed by atoms with Gasteiger partial charge in [0.25, 0.3) is 5.56 Å². The Kier molecular flexibility index (Phi) is 6.79. The lowest BCUT2D eigenvalue weighted by molar-refractivity contribution is -0.121. The van der Waals surface area contributed by atoms with Crippen molar-refractivity contribution < 1.29 is 18.7 Å². The molecule has 0 fully saturated rings. The third kappa shape index (κ3) is 5.22. The first kappa shape index (κ1) is 21.0. The van der Waals surface area contributed by atoms with Crippen LogP contribution in [0, 0.1) is 5.82 Å². The maximum atomic E-state index is 13.1. The Labute approximate surface area is 173 Å². The van der Waals surface area contributed by atoms with Crippen LogP contribution >= 0.6 is 0 Å². The van der Waals surface area contributed by atoms with Crippen LogP contribution in [0.15, 0.2) is 59.4 Å². The predicted octanol–water partition coefficient (Wildman–Crippen LogP) is 2.77. The molecule has 0 spiro atoms. The fourth-order valence-corrected chi connectivity index (χ4v) is 2.87. The first-order valence-corrected chi connectivity index (χ1v) is 9.32. The van der Waals surface area contributed by atoms with Crippen molar-refractivity contribution in [2.24, 2.45) is 0 Å². The Hall–Kier alpha value is -3.68. The zero-order valence-corrected chi connectivity index (χ0v) is 16.7. The second-order valence-electron chi connectivity index (χ2n) is 6.50. The van der Waals surface area contributed by atoms with Crippen molar-refractivity contribution in [2.45, 2.75) is 19.5 Å². The van der Waals surface area contributed by atoms with E-state index in [1.807, 2.05) is 6.07 Å². The molecule has 156 valence electrons. The van der Waals surface area contributed by atoms with Gasteiger partial charge in [0.1, 0.15) is 5.82 Å². The molecule has 30 heavy (non-hydrogen) atoms. The summed E-state index contributed by atoms with van der Waals surface area (Å²) in [5.74, 6) is 0.626. The van der Waals surface area contributed by atoms with E-state index in [-0.39, 0.29) is 30.2 Å². The summed E-state index contributed by atoms with van der Waals surface area (Å²) in [6.45, 7) is 0.447. The Morgan fingerprint density at radius 3 is 2.47 bits per heavy atom. The summed E-state index contributed by atoms with van der Waals surface area (Å²) in [7, 11) is 3.10. The van der Waals surface area contributed by atoms with Crippen LogP contribution in [-0.4, -0.2) is 29.9 Å². The van der Waals surface area contributed by atoms with E-state index in [0.717, 1.165) is 5.56 Å². The van der Waals surface area contributed by atoms with Crippen LogP contribution < -0.4 is 20.3 Å². The minimum absolute atomic E-state index is 0.0903. The first-order chi connectivity index (χ1) is 14.5. The molecule has 1 amide bonds. The topological polar surface area (TPSA) is 82.5 Å². The SMILES string of the molecule is COc1ccc(CNC(=O)CCn2nc(-c3ccc(F)cc3)ccc2=O)cc1OC. The predicted molar refractivity (Wildman–Crippen MR) is 110 cm³/mol. The van der Waals surface area contributed by atoms with Crippen molar-refractivity contribution in [3.05, 3.63) is 76.3 Å². The summed E-state index contributed by atoms with van der Waals surface area (Å²) >= 11 is 0. The number of halogens is 1. The maximum Gasteiger partial charge on any atom is 0.266 e. The van der Waals surface area contributed by atoms with E-state index in [4.69, 9.17) is 9.47 Å². The third-order valence-electron chi connectivity index (χ3n) is 4.49. The lowest BCUT2D eigenvalue weighted by atomic mass is 10.1. The number of amides is 1. The van der Waals surface area contributed by atoms with Gasteiger partial charge >= 0.3 is 0 Å². The van der Waals surface area contributed by atoms with E-state index in [9.17, 15) is 14.0 Å². The van der Waals surface area contributed by atoms with Gasteiger partial charge in [-0.05, 0) is 48.0 Å². The van der Waals surface area contributed by atoms with Gasteiger partial charge in [-0.3, -0.25) is 9.59 Å². The number of carbonyl (C=O) groups is 1. The summed E-state index contributed by atoms with van der Waals surface area (Å²) in [6, 6.07) is 14.2. The third-order valence-corrected chi connectivity index (χ3v) is 4.49. The molecule has 0 atom stereocenters. The van der Waals surface area contributed by atoms with Gasteiger partial charge in [0, 0.05) is 24.6 Å². The highest BCUT2D eigenvalue weighted by atomic mass is 19.1. The average molecular weight is 411 g/mol. The fraction of sp³-hybridized carbons (Fsp3) is 0.227. The Morgan fingerprint density at radius 2 is 1.77 bits per heavy atom. The normalized spacial score (nSPS) is 10.5. The summed E-state index contributed by atoms with van der Waals surface area (Å²) in [5.41, 5.74) is 1.76. The van der Waals surface area contributed by atoms with Crippen molar-refractivity contribution in [1.29, 1.82) is 0 Å². The molecule has 0 aliphatic carbocycles. The Balaban J connectivity index is 1.60. The van der Waals surface area contributed by atoms with Gasteiger partial charge in [-0.1, -0.05) is 6.07 Å². The molecule has 0 saturated carbocycles. The van der Waals surface area contributed by atoms with Crippen LogP contribution in [0.25, 0.3) is 11.3 Å². The summed E-state index contributed by atoms with van der Waals surface area (Å²) in [6.07, 6.45) is 0.0903. The molecule has 0 unspecified atom stereocenters. The van der Waals surface area contributed by atoms with Gasteiger partial charge < -0.3 is 14.8 Å². The Bertz CT molecular complexity index is 1080. The van der Waals surface area contributed by atoms with E-state index in [0.29, 0.717) is 29.3 Å². The van der Waals surface area contributed by atoms with E-state index in [1.54, 1.807) is 44.6 Å². The summed E-state index contributed by atoms with van der Waals surface area (Å²) < 4.78 is 24.8. The van der Waals surface area contributed by atoms with E-state index >= 15 is 0 Å². The second kappa shape index (κ2) is 9.69. The van der Waals surface area contributed by atoms with Gasteiger partial charge in [0.15, 0.2) is 11.5 Å². The lowest BCUT2D eigenvalue weighted by Crippen LogP contribution is -2.28. The van der Waals surface area contributed by atoms with E-state index in [1.165, 1.54) is 22.9 Å². The van der Waals surface area contributed by atoms with Gasteiger partial charge in [-0.25, -0.2) is 9.07 Å². The molecule has 2 aromatic carbocycles. The zero-order chi connectivity index (χ0) is 21.5. The van der Waals surface area contributed by atoms with Crippen molar-refractivity contribution >= 4 is 5.91 Å². The molecule has 8 heteroatoms. The molecular formula is C22H22FN3O4. The quantitative estimate of drug-likeness (QED) is 0.616. The Morgan fingerprint density at radius 1 is 1.03 bits per heavy atom. The van der Waals surface area contributed by atoms with Gasteiger partial charge in [-0.2, -0.15) is 5.10 Å². The highest BCUT2D eigenvalue weighted by molar-refractivity contribution is 5.75. The smallest absolute Gasteiger partial charge is 0.266 e. The van der Waals surface area contributed by atoms with E-state index < -0.39 is 0 Å². The maximum absolute atomic E-state index is 13.1. The van der Waals surface area contributed by atoms with Crippen LogP contribution in [0.5, 0.6) is 11.5 Å². The van der Waals surface area contributed by atoms with E-state index in [2.05, 4.69) is 10.4 Å². The van der Waals surface area contributed by atoms with Crippen LogP contribution in [-0.2, 0) is 17.9 Å². The second-order valence-corrected chi connectivity index (χ2v) is 6.50. The molecule has 1 heterocycles. The molecule has 1 N–H and O–H groups in total. The number of aromatic nitrogens is 2. The molecule has 3 rings (SSSR count). The number of ether oxygens (including phenoxy) is 2. The summed E-state index contributed by atoms with van der Waals surface area (Å²) in [4.78, 5) is 24.3. The average Bonchev–Trinajstić information content (AvgIpc) is 2.77. The van der Waals surface area contributed by atoms with Crippen molar-refractivity contribution in [3.63, 3.8) is 0 Å².